The van der Waals surface area contributed by atoms with Gasteiger partial charge in [-0.05, 0) is 18.2 Å². The van der Waals surface area contributed by atoms with Gasteiger partial charge in [0.1, 0.15) is 0 Å². The van der Waals surface area contributed by atoms with E-state index in [0.29, 0.717) is 10.5 Å². The summed E-state index contributed by atoms with van der Waals surface area (Å²) in [5.74, 6) is 2.11. The zero-order chi connectivity index (χ0) is 12.0. The fourth-order valence-electron chi connectivity index (χ4n) is 1.09. The molecule has 0 N–H and O–H groups in total. The molecule has 0 nitrogen and oxygen atoms in total. The van der Waals surface area contributed by atoms with E-state index < -0.39 is 0 Å². The van der Waals surface area contributed by atoms with Crippen molar-refractivity contribution in [1.82, 2.24) is 0 Å². The number of thiol groups is 2. The third-order valence-electron chi connectivity index (χ3n) is 1.79. The summed E-state index contributed by atoms with van der Waals surface area (Å²) in [6.07, 6.45) is 0. The number of hydrogen-bond donors (Lipinski definition) is 2. The molecule has 2 atom stereocenters. The van der Waals surface area contributed by atoms with Crippen LogP contribution in [0.1, 0.15) is 13.8 Å². The molecule has 90 valence electrons. The van der Waals surface area contributed by atoms with Gasteiger partial charge in [0.05, 0.1) is 0 Å². The molecule has 0 aliphatic heterocycles. The molecule has 1 aromatic rings. The predicted molar refractivity (Wildman–Crippen MR) is 84.8 cm³/mol. The van der Waals surface area contributed by atoms with Crippen LogP contribution in [0, 0.1) is 0 Å². The smallest absolute Gasteiger partial charge is 0.00943 e. The van der Waals surface area contributed by atoms with Gasteiger partial charge in [0.25, 0.3) is 0 Å². The van der Waals surface area contributed by atoms with Crippen LogP contribution in [0.3, 0.4) is 0 Å². The summed E-state index contributed by atoms with van der Waals surface area (Å²) in [4.78, 5) is 2.66. The Kier molecular flexibility index (Phi) is 7.20. The third kappa shape index (κ3) is 6.38. The van der Waals surface area contributed by atoms with Crippen molar-refractivity contribution in [3.63, 3.8) is 0 Å². The molecule has 0 amide bonds. The molecule has 16 heavy (non-hydrogen) atoms. The first-order valence-corrected chi connectivity index (χ1v) is 8.30. The molecule has 0 aromatic heterocycles. The maximum atomic E-state index is 4.39. The summed E-state index contributed by atoms with van der Waals surface area (Å²) in [6.45, 7) is 4.24. The Hall–Kier alpha value is 0.620. The highest BCUT2D eigenvalue weighted by molar-refractivity contribution is 8.00. The van der Waals surface area contributed by atoms with E-state index in [1.54, 1.807) is 0 Å². The Labute approximate surface area is 118 Å². The van der Waals surface area contributed by atoms with Crippen LogP contribution in [-0.4, -0.2) is 22.0 Å². The Morgan fingerprint density at radius 1 is 1.00 bits per heavy atom. The van der Waals surface area contributed by atoms with Gasteiger partial charge in [-0.1, -0.05) is 19.9 Å². The molecule has 0 radical (unpaired) electrons. The largest absolute Gasteiger partial charge is 0.175 e. The molecular formula is C12H18S4. The third-order valence-corrected chi connectivity index (χ3v) is 5.16. The van der Waals surface area contributed by atoms with E-state index in [-0.39, 0.29) is 0 Å². The summed E-state index contributed by atoms with van der Waals surface area (Å²) in [5, 5.41) is 0.887. The van der Waals surface area contributed by atoms with Gasteiger partial charge in [-0.3, -0.25) is 0 Å². The summed E-state index contributed by atoms with van der Waals surface area (Å²) < 4.78 is 0. The second-order valence-corrected chi connectivity index (χ2v) is 7.74. The van der Waals surface area contributed by atoms with E-state index in [2.05, 4.69) is 63.4 Å². The molecule has 0 saturated carbocycles. The second kappa shape index (κ2) is 7.85. The van der Waals surface area contributed by atoms with Gasteiger partial charge in [0.2, 0.25) is 0 Å². The van der Waals surface area contributed by atoms with Crippen molar-refractivity contribution in [1.29, 1.82) is 0 Å². The van der Waals surface area contributed by atoms with Crippen molar-refractivity contribution in [2.24, 2.45) is 0 Å². The van der Waals surface area contributed by atoms with Crippen LogP contribution in [-0.2, 0) is 0 Å². The maximum absolute atomic E-state index is 4.39. The van der Waals surface area contributed by atoms with Gasteiger partial charge in [0, 0.05) is 31.8 Å². The molecule has 1 rings (SSSR count). The van der Waals surface area contributed by atoms with Crippen LogP contribution in [0.25, 0.3) is 0 Å². The molecule has 0 fully saturated rings. The van der Waals surface area contributed by atoms with Gasteiger partial charge < -0.3 is 0 Å². The van der Waals surface area contributed by atoms with E-state index in [9.17, 15) is 0 Å². The molecule has 0 spiro atoms. The van der Waals surface area contributed by atoms with Crippen LogP contribution >= 0.6 is 48.8 Å². The molecule has 2 unspecified atom stereocenters. The molecular weight excluding hydrogens is 272 g/mol. The minimum absolute atomic E-state index is 0.443. The highest BCUT2D eigenvalue weighted by Gasteiger charge is 2.01. The molecule has 0 aliphatic carbocycles. The lowest BCUT2D eigenvalue weighted by Crippen LogP contribution is -1.95. The van der Waals surface area contributed by atoms with Crippen molar-refractivity contribution in [2.75, 3.05) is 11.5 Å². The van der Waals surface area contributed by atoms with Crippen LogP contribution in [0.15, 0.2) is 34.1 Å². The molecule has 4 heteroatoms. The van der Waals surface area contributed by atoms with E-state index in [1.165, 1.54) is 9.79 Å². The number of thioether (sulfide) groups is 2. The topological polar surface area (TPSA) is 0 Å². The van der Waals surface area contributed by atoms with Gasteiger partial charge in [-0.15, -0.1) is 23.5 Å². The quantitative estimate of drug-likeness (QED) is 0.584. The lowest BCUT2D eigenvalue weighted by Gasteiger charge is -2.07. The maximum Gasteiger partial charge on any atom is 0.00943 e. The molecule has 0 heterocycles. The number of benzene rings is 1. The Morgan fingerprint density at radius 2 is 1.44 bits per heavy atom. The first kappa shape index (κ1) is 14.7. The van der Waals surface area contributed by atoms with E-state index in [1.807, 2.05) is 23.5 Å². The summed E-state index contributed by atoms with van der Waals surface area (Å²) in [5.41, 5.74) is 0. The van der Waals surface area contributed by atoms with E-state index in [0.717, 1.165) is 11.5 Å². The van der Waals surface area contributed by atoms with Crippen LogP contribution < -0.4 is 0 Å². The number of rotatable bonds is 6. The molecule has 0 bridgehead atoms. The minimum Gasteiger partial charge on any atom is -0.175 e. The zero-order valence-corrected chi connectivity index (χ0v) is 13.0. The lowest BCUT2D eigenvalue weighted by molar-refractivity contribution is 1.13. The van der Waals surface area contributed by atoms with Crippen molar-refractivity contribution >= 4 is 48.8 Å². The van der Waals surface area contributed by atoms with Crippen LogP contribution in [0.4, 0.5) is 0 Å². The van der Waals surface area contributed by atoms with E-state index >= 15 is 0 Å². The summed E-state index contributed by atoms with van der Waals surface area (Å²) in [6, 6.07) is 8.70. The van der Waals surface area contributed by atoms with E-state index in [4.69, 9.17) is 0 Å². The summed E-state index contributed by atoms with van der Waals surface area (Å²) >= 11 is 12.5. The van der Waals surface area contributed by atoms with Crippen molar-refractivity contribution < 1.29 is 0 Å². The first-order chi connectivity index (χ1) is 7.58. The predicted octanol–water partition coefficient (Wildman–Crippen LogP) is 4.51. The fourth-order valence-corrected chi connectivity index (χ4v) is 3.25. The SMILES string of the molecule is CC(S)CSc1cccc(SCC(C)S)c1. The highest BCUT2D eigenvalue weighted by Crippen LogP contribution is 2.26. The van der Waals surface area contributed by atoms with Crippen molar-refractivity contribution in [3.05, 3.63) is 24.3 Å². The van der Waals surface area contributed by atoms with Crippen molar-refractivity contribution in [2.45, 2.75) is 34.1 Å². The van der Waals surface area contributed by atoms with Gasteiger partial charge >= 0.3 is 0 Å². The molecule has 0 saturated heterocycles. The summed E-state index contributed by atoms with van der Waals surface area (Å²) in [7, 11) is 0. The average molecular weight is 291 g/mol. The van der Waals surface area contributed by atoms with Gasteiger partial charge in [0.15, 0.2) is 0 Å². The second-order valence-electron chi connectivity index (χ2n) is 3.79. The first-order valence-electron chi connectivity index (χ1n) is 5.29. The zero-order valence-electron chi connectivity index (χ0n) is 9.59. The van der Waals surface area contributed by atoms with Crippen LogP contribution in [0.2, 0.25) is 0 Å². The normalized spacial score (nSPS) is 14.8. The van der Waals surface area contributed by atoms with Gasteiger partial charge in [-0.2, -0.15) is 25.3 Å². The average Bonchev–Trinajstić information content (AvgIpc) is 2.24. The Balaban J connectivity index is 2.50. The Morgan fingerprint density at radius 3 is 1.81 bits per heavy atom. The fraction of sp³-hybridized carbons (Fsp3) is 0.500. The number of hydrogen-bond acceptors (Lipinski definition) is 4. The molecule has 1 aromatic carbocycles. The van der Waals surface area contributed by atoms with Crippen molar-refractivity contribution in [3.8, 4) is 0 Å². The van der Waals surface area contributed by atoms with Crippen LogP contribution in [0.5, 0.6) is 0 Å². The standard InChI is InChI=1S/C12H18S4/c1-9(13)7-15-11-4-3-5-12(6-11)16-8-10(2)14/h3-6,9-10,13-14H,7-8H2,1-2H3. The monoisotopic (exact) mass is 290 g/mol. The minimum atomic E-state index is 0.443. The lowest BCUT2D eigenvalue weighted by atomic mass is 10.4. The highest BCUT2D eigenvalue weighted by atomic mass is 32.2. The Bertz CT molecular complexity index is 282. The van der Waals surface area contributed by atoms with Gasteiger partial charge in [-0.25, -0.2) is 0 Å². The molecule has 0 aliphatic rings.